The molecule has 4 aromatic heterocycles. The molecule has 0 bridgehead atoms. The van der Waals surface area contributed by atoms with Gasteiger partial charge in [0.25, 0.3) is 0 Å². The van der Waals surface area contributed by atoms with E-state index in [9.17, 15) is 33.9 Å². The van der Waals surface area contributed by atoms with Crippen LogP contribution in [0, 0.1) is 97.2 Å². The second-order valence-corrected chi connectivity index (χ2v) is 42.2. The molecule has 0 saturated heterocycles. The lowest BCUT2D eigenvalue weighted by Gasteiger charge is -2.39. The molecule has 9 aromatic rings. The van der Waals surface area contributed by atoms with Crippen LogP contribution in [-0.4, -0.2) is 49.4 Å². The van der Waals surface area contributed by atoms with Crippen molar-refractivity contribution in [2.75, 3.05) is 0 Å². The van der Waals surface area contributed by atoms with Crippen molar-refractivity contribution < 1.29 is 47.1 Å². The molecule has 650 valence electrons. The zero-order chi connectivity index (χ0) is 89.7. The van der Waals surface area contributed by atoms with Gasteiger partial charge in [-0.3, -0.25) is 28.8 Å². The highest BCUT2D eigenvalue weighted by Crippen LogP contribution is 2.44. The van der Waals surface area contributed by atoms with Crippen LogP contribution in [0.4, 0.5) is 0 Å². The van der Waals surface area contributed by atoms with Crippen LogP contribution in [0.1, 0.15) is 325 Å². The number of carbonyl (C=O) groups is 6. The lowest BCUT2D eigenvalue weighted by molar-refractivity contribution is -0.135. The number of fused-ring (bicyclic) bond motifs is 1. The summed E-state index contributed by atoms with van der Waals surface area (Å²) in [5, 5.41) is 9.60. The molecular weight excluding hydrogens is 1470 g/mol. The quantitative estimate of drug-likeness (QED) is 0.0910. The molecule has 2 aliphatic carbocycles. The van der Waals surface area contributed by atoms with E-state index in [1.54, 1.807) is 6.07 Å². The molecule has 2 saturated carbocycles. The summed E-state index contributed by atoms with van der Waals surface area (Å²) in [6.45, 7) is 60.4. The average Bonchev–Trinajstić information content (AvgIpc) is 1.62. The van der Waals surface area contributed by atoms with Gasteiger partial charge < -0.3 is 22.9 Å². The van der Waals surface area contributed by atoms with Crippen molar-refractivity contribution in [1.82, 2.24) is 9.55 Å². The average molecular weight is 1630 g/mol. The normalized spacial score (nSPS) is 13.8. The number of Topliss-reactive ketones (excluding diaryl/α,β-unsaturated/α-hetero) is 6. The van der Waals surface area contributed by atoms with Gasteiger partial charge in [-0.05, 0) is 143 Å². The summed E-state index contributed by atoms with van der Waals surface area (Å²) >= 11 is 0. The molecule has 119 heavy (non-hydrogen) atoms. The Morgan fingerprint density at radius 1 is 0.462 bits per heavy atom. The molecule has 11 rings (SSSR count). The fraction of sp³-hybridized carbons (Fsp3) is 0.542. The van der Waals surface area contributed by atoms with Crippen molar-refractivity contribution in [1.29, 1.82) is 0 Å². The molecule has 0 spiro atoms. The number of oxazole rings is 1. The monoisotopic (exact) mass is 1630 g/mol. The van der Waals surface area contributed by atoms with Gasteiger partial charge in [0.05, 0.1) is 29.9 Å². The summed E-state index contributed by atoms with van der Waals surface area (Å²) in [7, 11) is 1.88. The van der Waals surface area contributed by atoms with Crippen molar-refractivity contribution in [2.45, 2.75) is 316 Å². The van der Waals surface area contributed by atoms with Crippen LogP contribution in [0.25, 0.3) is 33.9 Å². The first-order valence-electron chi connectivity index (χ1n) is 43.7. The molecule has 2 fully saturated rings. The van der Waals surface area contributed by atoms with E-state index >= 15 is 0 Å². The van der Waals surface area contributed by atoms with Crippen molar-refractivity contribution in [3.8, 4) is 22.8 Å². The third-order valence-corrected chi connectivity index (χ3v) is 22.1. The minimum Gasteiger partial charge on any atom is -0.457 e. The number of hydrogen-bond acceptors (Lipinski definition) is 11. The molecule has 1 N–H and O–H groups in total. The van der Waals surface area contributed by atoms with Crippen LogP contribution in [0.3, 0.4) is 0 Å². The smallest absolute Gasteiger partial charge is 0.226 e. The Balaban J connectivity index is 0.000000250. The van der Waals surface area contributed by atoms with E-state index in [-0.39, 0.29) is 51.0 Å². The summed E-state index contributed by atoms with van der Waals surface area (Å²) in [4.78, 5) is 77.6. The lowest BCUT2D eigenvalue weighted by atomic mass is 9.64. The molecule has 12 heteroatoms. The topological polar surface area (TPSA) is 180 Å². The van der Waals surface area contributed by atoms with Crippen molar-refractivity contribution in [3.05, 3.63) is 218 Å². The van der Waals surface area contributed by atoms with Crippen LogP contribution in [0.2, 0.25) is 0 Å². The molecule has 0 amide bonds. The van der Waals surface area contributed by atoms with E-state index < -0.39 is 10.8 Å². The predicted molar refractivity (Wildman–Crippen MR) is 495 cm³/mol. The van der Waals surface area contributed by atoms with E-state index in [0.717, 1.165) is 69.0 Å². The van der Waals surface area contributed by atoms with Gasteiger partial charge in [-0.2, -0.15) is 0 Å². The number of benzene rings is 5. The van der Waals surface area contributed by atoms with Crippen LogP contribution in [-0.2, 0) is 63.9 Å². The van der Waals surface area contributed by atoms with E-state index in [2.05, 4.69) is 137 Å². The van der Waals surface area contributed by atoms with Gasteiger partial charge in [-0.15, -0.1) is 0 Å². The Hall–Kier alpha value is -8.61. The number of aliphatic hydroxyl groups excluding tert-OH is 1. The zero-order valence-corrected chi connectivity index (χ0v) is 79.3. The highest BCUT2D eigenvalue weighted by molar-refractivity contribution is 6.02. The number of carbonyl (C=O) groups excluding carboxylic acids is 6. The van der Waals surface area contributed by atoms with Gasteiger partial charge in [-0.25, -0.2) is 4.98 Å². The number of aryl methyl sites for hydroxylation is 8. The number of furan rings is 2. The molecule has 0 unspecified atom stereocenters. The molecule has 12 nitrogen and oxygen atoms in total. The van der Waals surface area contributed by atoms with Crippen LogP contribution in [0.5, 0.6) is 0 Å². The van der Waals surface area contributed by atoms with Crippen LogP contribution in [0.15, 0.2) is 153 Å². The maximum atomic E-state index is 13.0. The lowest BCUT2D eigenvalue weighted by Crippen LogP contribution is -2.39. The summed E-state index contributed by atoms with van der Waals surface area (Å²) in [5.74, 6) is 6.67. The van der Waals surface area contributed by atoms with Gasteiger partial charge in [-0.1, -0.05) is 336 Å². The van der Waals surface area contributed by atoms with Gasteiger partial charge in [0.1, 0.15) is 40.4 Å². The third kappa shape index (κ3) is 32.7. The molecule has 4 heterocycles. The number of aliphatic hydroxyl groups is 1. The highest BCUT2D eigenvalue weighted by atomic mass is 16.4. The zero-order valence-electron chi connectivity index (χ0n) is 79.3. The maximum absolute atomic E-state index is 13.0. The van der Waals surface area contributed by atoms with Gasteiger partial charge >= 0.3 is 0 Å². The first-order valence-corrected chi connectivity index (χ1v) is 43.7. The molecule has 0 aliphatic heterocycles. The standard InChI is InChI=1S/C20H23NO3.C18H32O.C16H19NO2.C14H22O2.C14H20O.C13H18O.C12H18/c1-12-6-7-14(13(8-12)11-22)17-9-15-18(24-17)10-16(21(15)5)19(23)20(2,3)4;1-18(2,3)17(19)16(14-10-6-4-7-11-14)15-12-8-5-9-13-15;1-11-13(10-14(18)16(2,3)4)17-15(19-11)12-8-6-5-7-9-12;1-9-8-10(13(2,3)4)16-11(9)12(15)14(5,6)7;1-11-5-7-12(8-6-11)9-10-13(15)14(2,3)4;1-10-5-7-11(8-6-10)9-12(14)13(2,3)4;1-10-5-7-11(8-6-10)9-12(2,3)4/h6-10,22H,11H2,1-5H3;14-16H,4-13H2,1-3H3;5-9H,10H2,1-4H3;8H,1-7H3;5-8H,9-10H2,1-4H3;5-8H,9H2,1-4H3;5-8H,9H2,1-4H3. The van der Waals surface area contributed by atoms with E-state index in [1.807, 2.05) is 221 Å². The first-order chi connectivity index (χ1) is 54.9. The number of aromatic nitrogens is 2. The minimum absolute atomic E-state index is 0.0399. The summed E-state index contributed by atoms with van der Waals surface area (Å²) < 4.78 is 19.2. The molecule has 5 aromatic carbocycles. The van der Waals surface area contributed by atoms with Gasteiger partial charge in [0, 0.05) is 87.0 Å². The Labute approximate surface area is 718 Å². The highest BCUT2D eigenvalue weighted by Gasteiger charge is 2.41. The summed E-state index contributed by atoms with van der Waals surface area (Å²) in [5.41, 5.74) is 13.8. The fourth-order valence-corrected chi connectivity index (χ4v) is 14.2. The maximum Gasteiger partial charge on any atom is 0.226 e. The van der Waals surface area contributed by atoms with Crippen molar-refractivity contribution in [2.24, 2.45) is 62.7 Å². The SMILES string of the molecule is CC(C)(C)C(=O)C(C1CCCCC1)C1CCCCC1.Cc1cc(C(C)(C)C)oc1C(=O)C(C)(C)C.Cc1ccc(-c2cc3c(cc(C(=O)C(C)(C)C)n3C)o2)c(CO)c1.Cc1ccc(CC(=O)C(C)(C)C)cc1.Cc1ccc(CC(C)(C)C)cc1.Cc1ccc(CCC(=O)C(C)(C)C)cc1.Cc1oc(-c2ccccc2)nc1CC(=O)C(C)(C)C. The number of ketones is 6. The predicted octanol–water partition coefficient (Wildman–Crippen LogP) is 28.0. The Morgan fingerprint density at radius 2 is 0.916 bits per heavy atom. The van der Waals surface area contributed by atoms with Crippen molar-refractivity contribution in [3.63, 3.8) is 0 Å². The molecular formula is C107H152N2O10. The Morgan fingerprint density at radius 3 is 1.34 bits per heavy atom. The molecule has 2 aliphatic rings. The van der Waals surface area contributed by atoms with Gasteiger partial charge in [0.2, 0.25) is 11.7 Å². The first kappa shape index (κ1) is 101. The Kier molecular flexibility index (Phi) is 36.7. The van der Waals surface area contributed by atoms with Gasteiger partial charge in [0.15, 0.2) is 17.1 Å². The largest absolute Gasteiger partial charge is 0.457 e. The summed E-state index contributed by atoms with van der Waals surface area (Å²) in [6, 6.07) is 46.7. The second kappa shape index (κ2) is 43.2. The van der Waals surface area contributed by atoms with E-state index in [0.29, 0.717) is 88.5 Å². The van der Waals surface area contributed by atoms with Crippen molar-refractivity contribution >= 4 is 45.8 Å². The second-order valence-electron chi connectivity index (χ2n) is 42.2. The van der Waals surface area contributed by atoms with E-state index in [1.165, 1.54) is 92.0 Å². The number of nitrogens with zero attached hydrogens (tertiary/aromatic N) is 2. The van der Waals surface area contributed by atoms with Crippen LogP contribution >= 0.6 is 0 Å². The number of rotatable bonds is 16. The fourth-order valence-electron chi connectivity index (χ4n) is 14.2. The molecule has 0 radical (unpaired) electrons. The summed E-state index contributed by atoms with van der Waals surface area (Å²) in [6.07, 6.45) is 17.0. The van der Waals surface area contributed by atoms with Crippen LogP contribution < -0.4 is 0 Å². The Bertz CT molecular complexity index is 4690. The van der Waals surface area contributed by atoms with E-state index in [4.69, 9.17) is 13.3 Å². The minimum atomic E-state index is -0.437. The molecule has 0 atom stereocenters. The number of hydrogen-bond donors (Lipinski definition) is 1. The third-order valence-electron chi connectivity index (χ3n) is 22.1.